The van der Waals surface area contributed by atoms with Gasteiger partial charge in [0.05, 0.1) is 17.9 Å². The average Bonchev–Trinajstić information content (AvgIpc) is 2.85. The number of hydrogen-bond donors (Lipinski definition) is 2. The van der Waals surface area contributed by atoms with Gasteiger partial charge >= 0.3 is 0 Å². The Hall–Kier alpha value is -1.29. The minimum atomic E-state index is -0.485. The molecule has 1 atom stereocenters. The highest BCUT2D eigenvalue weighted by Gasteiger charge is 2.18. The van der Waals surface area contributed by atoms with Gasteiger partial charge in [-0.15, -0.1) is 0 Å². The maximum Gasteiger partial charge on any atom is 0.254 e. The largest absolute Gasteiger partial charge is 0.469 e. The number of aliphatic hydroxyl groups excluding tert-OH is 1. The van der Waals surface area contributed by atoms with Gasteiger partial charge in [0, 0.05) is 13.0 Å². The number of carbonyl (C=O) groups excluding carboxylic acids is 1. The summed E-state index contributed by atoms with van der Waals surface area (Å²) in [5, 5.41) is 12.7. The third kappa shape index (κ3) is 3.60. The van der Waals surface area contributed by atoms with Crippen LogP contribution in [0.5, 0.6) is 0 Å². The van der Waals surface area contributed by atoms with Gasteiger partial charge in [-0.3, -0.25) is 4.79 Å². The molecule has 4 heteroatoms. The maximum absolute atomic E-state index is 11.9. The molecule has 0 saturated heterocycles. The molecule has 102 valence electrons. The summed E-state index contributed by atoms with van der Waals surface area (Å²) in [7, 11) is 0. The summed E-state index contributed by atoms with van der Waals surface area (Å²) in [5.41, 5.74) is 0.564. The molecular formula is C14H23NO3. The lowest BCUT2D eigenvalue weighted by molar-refractivity contribution is 0.0815. The Kier molecular flexibility index (Phi) is 5.92. The molecule has 0 saturated carbocycles. The molecule has 0 spiro atoms. The van der Waals surface area contributed by atoms with Crippen molar-refractivity contribution < 1.29 is 14.3 Å². The zero-order valence-electron chi connectivity index (χ0n) is 11.4. The standard InChI is InChI=1S/C14H23NO3/c1-4-10(5-2)12(16)9-15-14(17)11-7-8-18-13(11)6-3/h7-8,10,12,16H,4-6,9H2,1-3H3,(H,15,17). The molecule has 0 fully saturated rings. The second-order valence-corrected chi connectivity index (χ2v) is 4.46. The van der Waals surface area contributed by atoms with Crippen molar-refractivity contribution in [2.24, 2.45) is 5.92 Å². The van der Waals surface area contributed by atoms with Crippen molar-refractivity contribution in [1.29, 1.82) is 0 Å². The van der Waals surface area contributed by atoms with Crippen LogP contribution in [0.25, 0.3) is 0 Å². The average molecular weight is 253 g/mol. The lowest BCUT2D eigenvalue weighted by atomic mass is 9.96. The van der Waals surface area contributed by atoms with Gasteiger partial charge in [0.1, 0.15) is 5.76 Å². The number of aliphatic hydroxyl groups is 1. The fraction of sp³-hybridized carbons (Fsp3) is 0.643. The quantitative estimate of drug-likeness (QED) is 0.784. The number of carbonyl (C=O) groups is 1. The highest BCUT2D eigenvalue weighted by molar-refractivity contribution is 5.95. The van der Waals surface area contributed by atoms with E-state index < -0.39 is 6.10 Å². The van der Waals surface area contributed by atoms with Crippen molar-refractivity contribution in [2.75, 3.05) is 6.54 Å². The Labute approximate surface area is 108 Å². The number of nitrogens with one attached hydrogen (secondary N) is 1. The molecule has 1 rings (SSSR count). The molecule has 0 aromatic carbocycles. The number of amides is 1. The summed E-state index contributed by atoms with van der Waals surface area (Å²) in [6, 6.07) is 1.66. The van der Waals surface area contributed by atoms with Gasteiger partial charge in [-0.2, -0.15) is 0 Å². The number of rotatable bonds is 7. The van der Waals surface area contributed by atoms with Gasteiger partial charge in [-0.1, -0.05) is 33.6 Å². The second-order valence-electron chi connectivity index (χ2n) is 4.46. The second kappa shape index (κ2) is 7.21. The predicted octanol–water partition coefficient (Wildman–Crippen LogP) is 2.37. The van der Waals surface area contributed by atoms with Crippen LogP contribution in [-0.4, -0.2) is 23.7 Å². The first kappa shape index (κ1) is 14.8. The van der Waals surface area contributed by atoms with Crippen molar-refractivity contribution in [1.82, 2.24) is 5.32 Å². The van der Waals surface area contributed by atoms with Gasteiger partial charge in [-0.25, -0.2) is 0 Å². The topological polar surface area (TPSA) is 62.5 Å². The van der Waals surface area contributed by atoms with E-state index in [-0.39, 0.29) is 11.8 Å². The van der Waals surface area contributed by atoms with E-state index in [1.54, 1.807) is 6.07 Å². The Bertz CT molecular complexity index is 369. The van der Waals surface area contributed by atoms with Crippen LogP contribution in [0.1, 0.15) is 49.7 Å². The molecule has 0 aliphatic rings. The summed E-state index contributed by atoms with van der Waals surface area (Å²) in [4.78, 5) is 11.9. The summed E-state index contributed by atoms with van der Waals surface area (Å²) >= 11 is 0. The third-order valence-electron chi connectivity index (χ3n) is 3.38. The van der Waals surface area contributed by atoms with Crippen LogP contribution in [0, 0.1) is 5.92 Å². The normalized spacial score (nSPS) is 12.7. The number of furan rings is 1. The van der Waals surface area contributed by atoms with Gasteiger partial charge in [0.2, 0.25) is 0 Å². The zero-order chi connectivity index (χ0) is 13.5. The molecule has 0 aliphatic carbocycles. The van der Waals surface area contributed by atoms with Crippen molar-refractivity contribution in [3.63, 3.8) is 0 Å². The molecule has 1 unspecified atom stereocenters. The molecule has 1 heterocycles. The van der Waals surface area contributed by atoms with Crippen molar-refractivity contribution in [3.8, 4) is 0 Å². The SMILES string of the molecule is CCc1occc1C(=O)NCC(O)C(CC)CC. The summed E-state index contributed by atoms with van der Waals surface area (Å²) in [5.74, 6) is 0.746. The summed E-state index contributed by atoms with van der Waals surface area (Å²) < 4.78 is 5.21. The fourth-order valence-electron chi connectivity index (χ4n) is 2.11. The monoisotopic (exact) mass is 253 g/mol. The lowest BCUT2D eigenvalue weighted by Crippen LogP contribution is -2.36. The molecule has 0 radical (unpaired) electrons. The minimum Gasteiger partial charge on any atom is -0.469 e. The summed E-state index contributed by atoms with van der Waals surface area (Å²) in [6.45, 7) is 6.32. The molecule has 1 amide bonds. The highest BCUT2D eigenvalue weighted by Crippen LogP contribution is 2.13. The lowest BCUT2D eigenvalue weighted by Gasteiger charge is -2.20. The van der Waals surface area contributed by atoms with Crippen LogP contribution >= 0.6 is 0 Å². The van der Waals surface area contributed by atoms with E-state index in [9.17, 15) is 9.90 Å². The first-order valence-corrected chi connectivity index (χ1v) is 6.66. The Morgan fingerprint density at radius 1 is 1.39 bits per heavy atom. The van der Waals surface area contributed by atoms with E-state index in [0.29, 0.717) is 24.3 Å². The molecule has 1 aromatic heterocycles. The van der Waals surface area contributed by atoms with Crippen LogP contribution in [0.4, 0.5) is 0 Å². The van der Waals surface area contributed by atoms with E-state index in [0.717, 1.165) is 12.8 Å². The van der Waals surface area contributed by atoms with E-state index in [2.05, 4.69) is 5.32 Å². The van der Waals surface area contributed by atoms with Gasteiger partial charge in [0.15, 0.2) is 0 Å². The van der Waals surface area contributed by atoms with Crippen LogP contribution in [0.15, 0.2) is 16.7 Å². The smallest absolute Gasteiger partial charge is 0.254 e. The maximum atomic E-state index is 11.9. The Morgan fingerprint density at radius 3 is 2.61 bits per heavy atom. The van der Waals surface area contributed by atoms with Gasteiger partial charge in [-0.05, 0) is 12.0 Å². The molecule has 2 N–H and O–H groups in total. The molecule has 18 heavy (non-hydrogen) atoms. The van der Waals surface area contributed by atoms with Crippen LogP contribution in [0.3, 0.4) is 0 Å². The van der Waals surface area contributed by atoms with Crippen LogP contribution in [0.2, 0.25) is 0 Å². The molecule has 1 aromatic rings. The van der Waals surface area contributed by atoms with Gasteiger partial charge < -0.3 is 14.8 Å². The Balaban J connectivity index is 2.51. The van der Waals surface area contributed by atoms with Crippen molar-refractivity contribution in [2.45, 2.75) is 46.1 Å². The first-order chi connectivity index (χ1) is 8.63. The highest BCUT2D eigenvalue weighted by atomic mass is 16.3. The fourth-order valence-corrected chi connectivity index (χ4v) is 2.11. The van der Waals surface area contributed by atoms with Crippen LogP contribution < -0.4 is 5.32 Å². The van der Waals surface area contributed by atoms with E-state index >= 15 is 0 Å². The van der Waals surface area contributed by atoms with Crippen LogP contribution in [-0.2, 0) is 6.42 Å². The Morgan fingerprint density at radius 2 is 2.06 bits per heavy atom. The zero-order valence-corrected chi connectivity index (χ0v) is 11.4. The van der Waals surface area contributed by atoms with E-state index in [4.69, 9.17) is 4.42 Å². The predicted molar refractivity (Wildman–Crippen MR) is 70.5 cm³/mol. The van der Waals surface area contributed by atoms with E-state index in [1.165, 1.54) is 6.26 Å². The minimum absolute atomic E-state index is 0.175. The van der Waals surface area contributed by atoms with Gasteiger partial charge in [0.25, 0.3) is 5.91 Å². The molecular weight excluding hydrogens is 230 g/mol. The van der Waals surface area contributed by atoms with Crippen molar-refractivity contribution in [3.05, 3.63) is 23.7 Å². The molecule has 0 bridgehead atoms. The van der Waals surface area contributed by atoms with E-state index in [1.807, 2.05) is 20.8 Å². The number of hydrogen-bond acceptors (Lipinski definition) is 3. The van der Waals surface area contributed by atoms with Crippen molar-refractivity contribution >= 4 is 5.91 Å². The number of aryl methyl sites for hydroxylation is 1. The molecule has 4 nitrogen and oxygen atoms in total. The first-order valence-electron chi connectivity index (χ1n) is 6.66. The third-order valence-corrected chi connectivity index (χ3v) is 3.38. The molecule has 0 aliphatic heterocycles. The summed E-state index contributed by atoms with van der Waals surface area (Å²) in [6.07, 6.45) is 3.55.